The number of carbonyl (C=O) groups excluding carboxylic acids is 1. The van der Waals surface area contributed by atoms with Gasteiger partial charge in [-0.15, -0.1) is 0 Å². The lowest BCUT2D eigenvalue weighted by Crippen LogP contribution is -2.11. The van der Waals surface area contributed by atoms with Crippen LogP contribution in [-0.2, 0) is 13.0 Å². The van der Waals surface area contributed by atoms with Crippen LogP contribution in [0.3, 0.4) is 0 Å². The van der Waals surface area contributed by atoms with Crippen molar-refractivity contribution in [3.8, 4) is 0 Å². The van der Waals surface area contributed by atoms with Crippen LogP contribution in [0.5, 0.6) is 0 Å². The van der Waals surface area contributed by atoms with Crippen molar-refractivity contribution in [1.29, 1.82) is 0 Å². The van der Waals surface area contributed by atoms with Crippen LogP contribution in [0.4, 0.5) is 16.5 Å². The summed E-state index contributed by atoms with van der Waals surface area (Å²) in [6.07, 6.45) is 10.5. The standard InChI is InChI=1S/C24H24ClN5OS/c1-17-5-4-7-20(25)22(17)29-23(31)21-15-27-24(32-21)28-19-10-8-18(9-11-19)6-2-3-13-30-14-12-26-16-30/h4-5,7-12,14-16H,2-3,6,13H2,1H3,(H,27,28)(H,29,31). The van der Waals surface area contributed by atoms with E-state index in [-0.39, 0.29) is 5.91 Å². The van der Waals surface area contributed by atoms with Gasteiger partial charge in [-0.1, -0.05) is 47.2 Å². The maximum absolute atomic E-state index is 12.6. The fourth-order valence-electron chi connectivity index (χ4n) is 3.32. The summed E-state index contributed by atoms with van der Waals surface area (Å²) in [5.74, 6) is -0.224. The summed E-state index contributed by atoms with van der Waals surface area (Å²) in [5.41, 5.74) is 3.78. The molecule has 2 heterocycles. The van der Waals surface area contributed by atoms with E-state index in [0.29, 0.717) is 20.7 Å². The lowest BCUT2D eigenvalue weighted by Gasteiger charge is -2.08. The van der Waals surface area contributed by atoms with E-state index < -0.39 is 0 Å². The number of imidazole rings is 1. The number of halogens is 1. The topological polar surface area (TPSA) is 71.8 Å². The fourth-order valence-corrected chi connectivity index (χ4v) is 4.32. The number of rotatable bonds is 9. The van der Waals surface area contributed by atoms with E-state index in [1.165, 1.54) is 16.9 Å². The number of aryl methyl sites for hydroxylation is 3. The van der Waals surface area contributed by atoms with Crippen LogP contribution in [0.1, 0.15) is 33.6 Å². The molecule has 32 heavy (non-hydrogen) atoms. The van der Waals surface area contributed by atoms with Gasteiger partial charge in [0.25, 0.3) is 5.91 Å². The van der Waals surface area contributed by atoms with E-state index >= 15 is 0 Å². The van der Waals surface area contributed by atoms with Gasteiger partial charge in [-0.05, 0) is 55.5 Å². The van der Waals surface area contributed by atoms with Gasteiger partial charge in [0.05, 0.1) is 23.2 Å². The molecule has 0 bridgehead atoms. The number of hydrogen-bond donors (Lipinski definition) is 2. The Morgan fingerprint density at radius 1 is 1.16 bits per heavy atom. The highest BCUT2D eigenvalue weighted by atomic mass is 35.5. The first-order chi connectivity index (χ1) is 15.6. The lowest BCUT2D eigenvalue weighted by molar-refractivity contribution is 0.103. The molecule has 6 nitrogen and oxygen atoms in total. The maximum atomic E-state index is 12.6. The number of nitrogens with zero attached hydrogens (tertiary/aromatic N) is 3. The maximum Gasteiger partial charge on any atom is 0.267 e. The molecular formula is C24H24ClN5OS. The fraction of sp³-hybridized carbons (Fsp3) is 0.208. The van der Waals surface area contributed by atoms with E-state index in [1.807, 2.05) is 49.9 Å². The second-order valence-electron chi connectivity index (χ2n) is 7.50. The molecule has 0 atom stereocenters. The van der Waals surface area contributed by atoms with Crippen LogP contribution in [0.15, 0.2) is 67.4 Å². The number of amides is 1. The minimum Gasteiger partial charge on any atom is -0.337 e. The van der Waals surface area contributed by atoms with Gasteiger partial charge in [0.1, 0.15) is 4.88 Å². The number of para-hydroxylation sites is 1. The second-order valence-corrected chi connectivity index (χ2v) is 8.93. The van der Waals surface area contributed by atoms with E-state index in [1.54, 1.807) is 12.3 Å². The van der Waals surface area contributed by atoms with Gasteiger partial charge >= 0.3 is 0 Å². The molecule has 8 heteroatoms. The van der Waals surface area contributed by atoms with Gasteiger partial charge < -0.3 is 15.2 Å². The molecule has 164 valence electrons. The summed E-state index contributed by atoms with van der Waals surface area (Å²) in [4.78, 5) is 21.5. The molecule has 1 amide bonds. The highest BCUT2D eigenvalue weighted by molar-refractivity contribution is 7.17. The molecule has 4 aromatic rings. The first kappa shape index (κ1) is 22.0. The van der Waals surface area contributed by atoms with Crippen LogP contribution < -0.4 is 10.6 Å². The number of carbonyl (C=O) groups is 1. The van der Waals surface area contributed by atoms with Crippen molar-refractivity contribution < 1.29 is 4.79 Å². The van der Waals surface area contributed by atoms with E-state index in [9.17, 15) is 4.79 Å². The van der Waals surface area contributed by atoms with Crippen molar-refractivity contribution in [3.05, 3.63) is 88.4 Å². The van der Waals surface area contributed by atoms with Crippen molar-refractivity contribution in [2.45, 2.75) is 32.7 Å². The quantitative estimate of drug-likeness (QED) is 0.284. The number of thiazole rings is 1. The largest absolute Gasteiger partial charge is 0.337 e. The molecule has 4 rings (SSSR count). The average Bonchev–Trinajstić information content (AvgIpc) is 3.47. The SMILES string of the molecule is Cc1cccc(Cl)c1NC(=O)c1cnc(Nc2ccc(CCCCn3ccnc3)cc2)s1. The zero-order valence-electron chi connectivity index (χ0n) is 17.7. The molecule has 0 fully saturated rings. The number of anilines is 3. The molecule has 0 saturated carbocycles. The summed E-state index contributed by atoms with van der Waals surface area (Å²) in [5, 5.41) is 7.33. The number of aromatic nitrogens is 3. The first-order valence-corrected chi connectivity index (χ1v) is 11.6. The third-order valence-electron chi connectivity index (χ3n) is 5.09. The molecule has 0 radical (unpaired) electrons. The first-order valence-electron chi connectivity index (χ1n) is 10.4. The summed E-state index contributed by atoms with van der Waals surface area (Å²) in [6, 6.07) is 13.9. The summed E-state index contributed by atoms with van der Waals surface area (Å²) < 4.78 is 2.10. The highest BCUT2D eigenvalue weighted by Gasteiger charge is 2.14. The molecule has 0 aliphatic heterocycles. The predicted molar refractivity (Wildman–Crippen MR) is 131 cm³/mol. The summed E-state index contributed by atoms with van der Waals surface area (Å²) >= 11 is 7.51. The van der Waals surface area contributed by atoms with E-state index in [2.05, 4.69) is 37.3 Å². The van der Waals surface area contributed by atoms with Crippen LogP contribution in [-0.4, -0.2) is 20.4 Å². The Bertz CT molecular complexity index is 1150. The molecule has 0 spiro atoms. The van der Waals surface area contributed by atoms with Crippen molar-refractivity contribution in [1.82, 2.24) is 14.5 Å². The average molecular weight is 466 g/mol. The zero-order chi connectivity index (χ0) is 22.3. The minimum absolute atomic E-state index is 0.224. The van der Waals surface area contributed by atoms with Crippen molar-refractivity contribution in [2.75, 3.05) is 10.6 Å². The predicted octanol–water partition coefficient (Wildman–Crippen LogP) is 6.32. The number of unbranched alkanes of at least 4 members (excludes halogenated alkanes) is 1. The monoisotopic (exact) mass is 465 g/mol. The van der Waals surface area contributed by atoms with Gasteiger partial charge in [-0.2, -0.15) is 0 Å². The summed E-state index contributed by atoms with van der Waals surface area (Å²) in [6.45, 7) is 2.90. The van der Waals surface area contributed by atoms with Crippen LogP contribution >= 0.6 is 22.9 Å². The summed E-state index contributed by atoms with van der Waals surface area (Å²) in [7, 11) is 0. The Morgan fingerprint density at radius 3 is 2.75 bits per heavy atom. The van der Waals surface area contributed by atoms with Crippen LogP contribution in [0.2, 0.25) is 5.02 Å². The molecule has 0 aliphatic carbocycles. The molecular weight excluding hydrogens is 442 g/mol. The van der Waals surface area contributed by atoms with Gasteiger partial charge in [0, 0.05) is 24.6 Å². The Balaban J connectivity index is 1.28. The Morgan fingerprint density at radius 2 is 2.00 bits per heavy atom. The molecule has 0 unspecified atom stereocenters. The third kappa shape index (κ3) is 5.75. The molecule has 2 N–H and O–H groups in total. The third-order valence-corrected chi connectivity index (χ3v) is 6.31. The number of benzene rings is 2. The van der Waals surface area contributed by atoms with Crippen LogP contribution in [0.25, 0.3) is 0 Å². The van der Waals surface area contributed by atoms with Gasteiger partial charge in [0.2, 0.25) is 0 Å². The van der Waals surface area contributed by atoms with Gasteiger partial charge in [0.15, 0.2) is 5.13 Å². The molecule has 0 saturated heterocycles. The van der Waals surface area contributed by atoms with Gasteiger partial charge in [-0.25, -0.2) is 9.97 Å². The normalized spacial score (nSPS) is 10.8. The second kappa shape index (κ2) is 10.4. The van der Waals surface area contributed by atoms with E-state index in [4.69, 9.17) is 11.6 Å². The number of nitrogens with one attached hydrogen (secondary N) is 2. The van der Waals surface area contributed by atoms with Crippen molar-refractivity contribution in [3.63, 3.8) is 0 Å². The molecule has 2 aromatic carbocycles. The molecule has 0 aliphatic rings. The Kier molecular flexibility index (Phi) is 7.19. The van der Waals surface area contributed by atoms with Gasteiger partial charge in [-0.3, -0.25) is 4.79 Å². The minimum atomic E-state index is -0.224. The number of hydrogen-bond acceptors (Lipinski definition) is 5. The smallest absolute Gasteiger partial charge is 0.267 e. The van der Waals surface area contributed by atoms with E-state index in [0.717, 1.165) is 37.1 Å². The van der Waals surface area contributed by atoms with Crippen molar-refractivity contribution in [2.24, 2.45) is 0 Å². The van der Waals surface area contributed by atoms with Crippen LogP contribution in [0, 0.1) is 6.92 Å². The highest BCUT2D eigenvalue weighted by Crippen LogP contribution is 2.28. The Hall–Kier alpha value is -3.16. The Labute approximate surface area is 196 Å². The lowest BCUT2D eigenvalue weighted by atomic mass is 10.1. The molecule has 2 aromatic heterocycles. The van der Waals surface area contributed by atoms with Crippen molar-refractivity contribution >= 4 is 45.4 Å². The zero-order valence-corrected chi connectivity index (χ0v) is 19.3.